The minimum atomic E-state index is -5.14. The Morgan fingerprint density at radius 2 is 1.69 bits per heavy atom. The zero-order chi connectivity index (χ0) is 19.9. The Bertz CT molecular complexity index is 752. The molecule has 1 aromatic rings. The van der Waals surface area contributed by atoms with Crippen LogP contribution in [0.15, 0.2) is 18.2 Å². The van der Waals surface area contributed by atoms with E-state index >= 15 is 0 Å². The summed E-state index contributed by atoms with van der Waals surface area (Å²) in [6, 6.07) is 2.08. The topological polar surface area (TPSA) is 52.6 Å². The first-order valence-electron chi connectivity index (χ1n) is 7.16. The van der Waals surface area contributed by atoms with Gasteiger partial charge < -0.3 is 4.74 Å². The smallest absolute Gasteiger partial charge is 0.403 e. The fraction of sp³-hybridized carbons (Fsp3) is 0.571. The molecule has 26 heavy (non-hydrogen) atoms. The van der Waals surface area contributed by atoms with Gasteiger partial charge in [-0.05, 0) is 36.5 Å². The molecule has 0 heterocycles. The first-order valence-corrected chi connectivity index (χ1v) is 8.97. The van der Waals surface area contributed by atoms with E-state index in [0.717, 1.165) is 6.07 Å². The Hall–Kier alpha value is -1.56. The second-order valence-corrected chi connectivity index (χ2v) is 7.53. The zero-order valence-corrected chi connectivity index (χ0v) is 13.9. The molecule has 2 rings (SSSR count). The molecule has 4 nitrogen and oxygen atoms in total. The minimum Gasteiger partial charge on any atom is -0.403 e. The summed E-state index contributed by atoms with van der Waals surface area (Å²) in [5, 5.41) is 0. The number of hydrogen-bond donors (Lipinski definition) is 0. The summed E-state index contributed by atoms with van der Waals surface area (Å²) in [6.45, 7) is 0. The van der Waals surface area contributed by atoms with Gasteiger partial charge in [0.1, 0.15) is 6.10 Å². The number of rotatable bonds is 5. The Kier molecular flexibility index (Phi) is 5.48. The van der Waals surface area contributed by atoms with Crippen molar-refractivity contribution in [3.63, 3.8) is 0 Å². The van der Waals surface area contributed by atoms with Crippen molar-refractivity contribution < 1.29 is 48.1 Å². The minimum absolute atomic E-state index is 0.201. The van der Waals surface area contributed by atoms with Crippen LogP contribution in [0, 0.1) is 17.7 Å². The van der Waals surface area contributed by atoms with Crippen LogP contribution in [0.2, 0.25) is 0 Å². The van der Waals surface area contributed by atoms with Crippen LogP contribution in [0.25, 0.3) is 0 Å². The molecule has 0 amide bonds. The summed E-state index contributed by atoms with van der Waals surface area (Å²) in [5.41, 5.74) is -0.201. The number of benzene rings is 1. The van der Waals surface area contributed by atoms with Crippen molar-refractivity contribution >= 4 is 10.1 Å². The van der Waals surface area contributed by atoms with Gasteiger partial charge in [0.2, 0.25) is 0 Å². The van der Waals surface area contributed by atoms with Gasteiger partial charge in [-0.2, -0.15) is 21.6 Å². The maximum absolute atomic E-state index is 13.8. The van der Waals surface area contributed by atoms with Gasteiger partial charge in [-0.3, -0.25) is 4.18 Å². The van der Waals surface area contributed by atoms with E-state index in [1.54, 1.807) is 0 Å². The molecule has 0 aromatic heterocycles. The summed E-state index contributed by atoms with van der Waals surface area (Å²) in [4.78, 5) is 0. The van der Waals surface area contributed by atoms with Gasteiger partial charge in [-0.25, -0.2) is 4.39 Å². The van der Waals surface area contributed by atoms with Crippen LogP contribution < -0.4 is 4.74 Å². The molecule has 0 spiro atoms. The summed E-state index contributed by atoms with van der Waals surface area (Å²) < 4.78 is 119. The predicted octanol–water partition coefficient (Wildman–Crippen LogP) is 4.33. The molecule has 1 fully saturated rings. The first kappa shape index (κ1) is 20.7. The standard InChI is InChI=1S/C14H13F7O4S/c1-26(22,23)25-12(8-4-9(5-8)13(16,17)18)7-2-3-11(10(15)6-7)24-14(19,20)21/h2-3,6,8-9,12H,4-5H2,1H3. The van der Waals surface area contributed by atoms with Crippen LogP contribution in [0.5, 0.6) is 5.75 Å². The molecule has 12 heteroatoms. The van der Waals surface area contributed by atoms with E-state index in [0.29, 0.717) is 18.4 Å². The van der Waals surface area contributed by atoms with Crippen molar-refractivity contribution in [3.05, 3.63) is 29.6 Å². The van der Waals surface area contributed by atoms with Crippen LogP contribution in [0.3, 0.4) is 0 Å². The molecule has 0 bridgehead atoms. The molecule has 1 aliphatic rings. The largest absolute Gasteiger partial charge is 0.573 e. The summed E-state index contributed by atoms with van der Waals surface area (Å²) in [6.07, 6.45) is -11.3. The second kappa shape index (κ2) is 6.87. The Labute approximate surface area is 144 Å². The Morgan fingerprint density at radius 1 is 1.12 bits per heavy atom. The maximum Gasteiger partial charge on any atom is 0.573 e. The molecule has 1 aromatic carbocycles. The highest BCUT2D eigenvalue weighted by Gasteiger charge is 2.51. The molecule has 148 valence electrons. The number of alkyl halides is 6. The SMILES string of the molecule is CS(=O)(=O)OC(c1ccc(OC(F)(F)F)c(F)c1)C1CC(C(F)(F)F)C1. The van der Waals surface area contributed by atoms with Crippen molar-refractivity contribution in [1.82, 2.24) is 0 Å². The highest BCUT2D eigenvalue weighted by Crippen LogP contribution is 2.51. The lowest BCUT2D eigenvalue weighted by Crippen LogP contribution is -2.39. The zero-order valence-electron chi connectivity index (χ0n) is 13.1. The monoisotopic (exact) mass is 410 g/mol. The van der Waals surface area contributed by atoms with Crippen LogP contribution in [0.4, 0.5) is 30.7 Å². The van der Waals surface area contributed by atoms with E-state index < -0.39 is 65.0 Å². The second-order valence-electron chi connectivity index (χ2n) is 5.93. The molecule has 1 aliphatic carbocycles. The van der Waals surface area contributed by atoms with Crippen molar-refractivity contribution in [2.45, 2.75) is 31.5 Å². The van der Waals surface area contributed by atoms with Crippen LogP contribution in [-0.2, 0) is 14.3 Å². The number of hydrogen-bond acceptors (Lipinski definition) is 4. The summed E-state index contributed by atoms with van der Waals surface area (Å²) in [7, 11) is -4.11. The molecule has 0 N–H and O–H groups in total. The Balaban J connectivity index is 2.25. The van der Waals surface area contributed by atoms with E-state index in [1.807, 2.05) is 0 Å². The fourth-order valence-electron chi connectivity index (χ4n) is 2.67. The lowest BCUT2D eigenvalue weighted by Gasteiger charge is -2.40. The molecule has 1 unspecified atom stereocenters. The Morgan fingerprint density at radius 3 is 2.12 bits per heavy atom. The third-order valence-corrected chi connectivity index (χ3v) is 4.41. The quantitative estimate of drug-likeness (QED) is 0.536. The normalized spacial score (nSPS) is 22.6. The predicted molar refractivity (Wildman–Crippen MR) is 74.0 cm³/mol. The average molecular weight is 410 g/mol. The fourth-order valence-corrected chi connectivity index (χ4v) is 3.32. The van der Waals surface area contributed by atoms with Gasteiger partial charge in [0.05, 0.1) is 12.2 Å². The van der Waals surface area contributed by atoms with Gasteiger partial charge in [0.25, 0.3) is 10.1 Å². The molecule has 1 saturated carbocycles. The van der Waals surface area contributed by atoms with Crippen LogP contribution >= 0.6 is 0 Å². The number of halogens is 7. The van der Waals surface area contributed by atoms with Crippen LogP contribution in [0.1, 0.15) is 24.5 Å². The summed E-state index contributed by atoms with van der Waals surface area (Å²) in [5.74, 6) is -5.13. The number of ether oxygens (including phenoxy) is 1. The first-order chi connectivity index (χ1) is 11.7. The highest BCUT2D eigenvalue weighted by atomic mass is 32.2. The summed E-state index contributed by atoms with van der Waals surface area (Å²) >= 11 is 0. The molecular formula is C14H13F7O4S. The van der Waals surface area contributed by atoms with Gasteiger partial charge in [0, 0.05) is 0 Å². The molecule has 0 radical (unpaired) electrons. The van der Waals surface area contributed by atoms with Crippen LogP contribution in [-0.4, -0.2) is 27.2 Å². The van der Waals surface area contributed by atoms with Crippen molar-refractivity contribution in [1.29, 1.82) is 0 Å². The van der Waals surface area contributed by atoms with E-state index in [9.17, 15) is 39.2 Å². The van der Waals surface area contributed by atoms with Gasteiger partial charge >= 0.3 is 12.5 Å². The molecule has 0 aliphatic heterocycles. The molecular weight excluding hydrogens is 397 g/mol. The highest BCUT2D eigenvalue weighted by molar-refractivity contribution is 7.86. The maximum atomic E-state index is 13.8. The van der Waals surface area contributed by atoms with Crippen molar-refractivity contribution in [2.75, 3.05) is 6.26 Å². The van der Waals surface area contributed by atoms with Gasteiger partial charge in [-0.15, -0.1) is 13.2 Å². The van der Waals surface area contributed by atoms with Crippen molar-refractivity contribution in [3.8, 4) is 5.75 Å². The van der Waals surface area contributed by atoms with Gasteiger partial charge in [0.15, 0.2) is 11.6 Å². The third-order valence-electron chi connectivity index (χ3n) is 3.85. The third kappa shape index (κ3) is 5.47. The van der Waals surface area contributed by atoms with E-state index in [-0.39, 0.29) is 5.56 Å². The average Bonchev–Trinajstić information content (AvgIpc) is 2.33. The lowest BCUT2D eigenvalue weighted by atomic mass is 9.70. The lowest BCUT2D eigenvalue weighted by molar-refractivity contribution is -0.275. The van der Waals surface area contributed by atoms with E-state index in [2.05, 4.69) is 4.74 Å². The van der Waals surface area contributed by atoms with Crippen molar-refractivity contribution in [2.24, 2.45) is 11.8 Å². The molecule has 1 atom stereocenters. The van der Waals surface area contributed by atoms with E-state index in [4.69, 9.17) is 4.18 Å². The van der Waals surface area contributed by atoms with E-state index in [1.165, 1.54) is 0 Å². The molecule has 0 saturated heterocycles. The van der Waals surface area contributed by atoms with Gasteiger partial charge in [-0.1, -0.05) is 6.07 Å².